The van der Waals surface area contributed by atoms with Gasteiger partial charge in [0.15, 0.2) is 0 Å². The summed E-state index contributed by atoms with van der Waals surface area (Å²) < 4.78 is 1.93. The van der Waals surface area contributed by atoms with E-state index in [1.807, 2.05) is 30.1 Å². The summed E-state index contributed by atoms with van der Waals surface area (Å²) >= 11 is 0. The van der Waals surface area contributed by atoms with Crippen LogP contribution in [0.3, 0.4) is 0 Å². The Morgan fingerprint density at radius 3 is 2.60 bits per heavy atom. The molecule has 5 nitrogen and oxygen atoms in total. The van der Waals surface area contributed by atoms with E-state index in [4.69, 9.17) is 5.11 Å². The van der Waals surface area contributed by atoms with Gasteiger partial charge in [0.05, 0.1) is 6.42 Å². The molecule has 1 saturated carbocycles. The van der Waals surface area contributed by atoms with Gasteiger partial charge in [-0.3, -0.25) is 9.59 Å². The van der Waals surface area contributed by atoms with Crippen molar-refractivity contribution in [1.29, 1.82) is 0 Å². The molecule has 1 aliphatic rings. The van der Waals surface area contributed by atoms with Gasteiger partial charge in [0, 0.05) is 32.4 Å². The Hall–Kier alpha value is -1.78. The van der Waals surface area contributed by atoms with Gasteiger partial charge in [0.1, 0.15) is 0 Å². The molecular weight excluding hydrogens is 256 g/mol. The highest BCUT2D eigenvalue weighted by Crippen LogP contribution is 2.43. The second kappa shape index (κ2) is 6.11. The molecule has 0 bridgehead atoms. The SMILES string of the molecule is Cn1ccc(CNC(=O)CC2(CC(=O)O)CCCC2)c1. The maximum atomic E-state index is 12.1. The van der Waals surface area contributed by atoms with Gasteiger partial charge >= 0.3 is 5.97 Å². The summed E-state index contributed by atoms with van der Waals surface area (Å²) in [6.45, 7) is 0.503. The average Bonchev–Trinajstić information content (AvgIpc) is 2.95. The Kier molecular flexibility index (Phi) is 4.47. The van der Waals surface area contributed by atoms with Crippen molar-refractivity contribution in [3.05, 3.63) is 24.0 Å². The number of aliphatic carboxylic acids is 1. The van der Waals surface area contributed by atoms with Crippen LogP contribution < -0.4 is 5.32 Å². The molecule has 0 unspecified atom stereocenters. The van der Waals surface area contributed by atoms with Gasteiger partial charge in [-0.1, -0.05) is 12.8 Å². The highest BCUT2D eigenvalue weighted by atomic mass is 16.4. The number of carboxylic acids is 1. The molecule has 2 N–H and O–H groups in total. The first-order chi connectivity index (χ1) is 9.49. The molecule has 1 fully saturated rings. The van der Waals surface area contributed by atoms with Crippen LogP contribution in [-0.2, 0) is 23.2 Å². The lowest BCUT2D eigenvalue weighted by atomic mass is 9.79. The van der Waals surface area contributed by atoms with Gasteiger partial charge in [0.2, 0.25) is 5.91 Å². The molecule has 0 spiro atoms. The Morgan fingerprint density at radius 1 is 1.35 bits per heavy atom. The fourth-order valence-corrected chi connectivity index (χ4v) is 3.13. The lowest BCUT2D eigenvalue weighted by Gasteiger charge is -2.26. The maximum absolute atomic E-state index is 12.1. The van der Waals surface area contributed by atoms with Crippen LogP contribution in [0.4, 0.5) is 0 Å². The molecule has 20 heavy (non-hydrogen) atoms. The van der Waals surface area contributed by atoms with E-state index in [0.717, 1.165) is 31.2 Å². The van der Waals surface area contributed by atoms with Gasteiger partial charge in [-0.2, -0.15) is 0 Å². The lowest BCUT2D eigenvalue weighted by molar-refractivity contribution is -0.140. The molecule has 0 radical (unpaired) electrons. The lowest BCUT2D eigenvalue weighted by Crippen LogP contribution is -2.31. The summed E-state index contributed by atoms with van der Waals surface area (Å²) in [6, 6.07) is 1.96. The first-order valence-corrected chi connectivity index (χ1v) is 7.08. The smallest absolute Gasteiger partial charge is 0.303 e. The van der Waals surface area contributed by atoms with Gasteiger partial charge in [0.25, 0.3) is 0 Å². The largest absolute Gasteiger partial charge is 0.481 e. The Bertz CT molecular complexity index is 487. The molecule has 1 aromatic rings. The number of amides is 1. The van der Waals surface area contributed by atoms with Crippen LogP contribution in [0.1, 0.15) is 44.1 Å². The van der Waals surface area contributed by atoms with Crippen LogP contribution in [0.25, 0.3) is 0 Å². The van der Waals surface area contributed by atoms with Crippen LogP contribution in [0.5, 0.6) is 0 Å². The number of rotatable bonds is 6. The quantitative estimate of drug-likeness (QED) is 0.836. The first-order valence-electron chi connectivity index (χ1n) is 7.08. The summed E-state index contributed by atoms with van der Waals surface area (Å²) in [5.41, 5.74) is 0.728. The van der Waals surface area contributed by atoms with Crippen molar-refractivity contribution >= 4 is 11.9 Å². The zero-order valence-electron chi connectivity index (χ0n) is 11.9. The topological polar surface area (TPSA) is 71.3 Å². The minimum absolute atomic E-state index is 0.0444. The third-order valence-corrected chi connectivity index (χ3v) is 4.11. The highest BCUT2D eigenvalue weighted by Gasteiger charge is 2.37. The Morgan fingerprint density at radius 2 is 2.05 bits per heavy atom. The fraction of sp³-hybridized carbons (Fsp3) is 0.600. The van der Waals surface area contributed by atoms with E-state index in [-0.39, 0.29) is 17.7 Å². The van der Waals surface area contributed by atoms with E-state index in [1.165, 1.54) is 0 Å². The van der Waals surface area contributed by atoms with Crippen LogP contribution in [0, 0.1) is 5.41 Å². The average molecular weight is 278 g/mol. The zero-order valence-corrected chi connectivity index (χ0v) is 11.9. The number of aryl methyl sites for hydroxylation is 1. The van der Waals surface area contributed by atoms with E-state index < -0.39 is 5.97 Å². The van der Waals surface area contributed by atoms with Crippen LogP contribution in [0.2, 0.25) is 0 Å². The van der Waals surface area contributed by atoms with E-state index in [1.54, 1.807) is 0 Å². The molecule has 0 aliphatic heterocycles. The number of carbonyl (C=O) groups is 2. The number of carbonyl (C=O) groups excluding carboxylic acids is 1. The third-order valence-electron chi connectivity index (χ3n) is 4.11. The van der Waals surface area contributed by atoms with Crippen molar-refractivity contribution < 1.29 is 14.7 Å². The molecular formula is C15H22N2O3. The van der Waals surface area contributed by atoms with Crippen molar-refractivity contribution in [1.82, 2.24) is 9.88 Å². The van der Waals surface area contributed by atoms with Gasteiger partial charge in [-0.25, -0.2) is 0 Å². The molecule has 1 heterocycles. The monoisotopic (exact) mass is 278 g/mol. The summed E-state index contributed by atoms with van der Waals surface area (Å²) in [5, 5.41) is 11.9. The zero-order chi connectivity index (χ0) is 14.6. The van der Waals surface area contributed by atoms with Crippen molar-refractivity contribution in [3.63, 3.8) is 0 Å². The van der Waals surface area contributed by atoms with Crippen LogP contribution in [0.15, 0.2) is 18.5 Å². The molecule has 0 saturated heterocycles. The van der Waals surface area contributed by atoms with Crippen molar-refractivity contribution in [2.45, 2.75) is 45.1 Å². The summed E-state index contributed by atoms with van der Waals surface area (Å²) in [5.74, 6) is -0.847. The van der Waals surface area contributed by atoms with Gasteiger partial charge in [-0.15, -0.1) is 0 Å². The molecule has 1 aliphatic carbocycles. The second-order valence-electron chi connectivity index (χ2n) is 5.92. The predicted molar refractivity (Wildman–Crippen MR) is 75.0 cm³/mol. The van der Waals surface area contributed by atoms with Crippen LogP contribution >= 0.6 is 0 Å². The standard InChI is InChI=1S/C15H22N2O3/c1-17-7-4-12(11-17)10-16-13(18)8-15(9-14(19)20)5-2-3-6-15/h4,7,11H,2-3,5-6,8-10H2,1H3,(H,16,18)(H,19,20). The fourth-order valence-electron chi connectivity index (χ4n) is 3.13. The van der Waals surface area contributed by atoms with Gasteiger partial charge in [-0.05, 0) is 29.9 Å². The summed E-state index contributed by atoms with van der Waals surface area (Å²) in [7, 11) is 1.94. The Balaban J connectivity index is 1.87. The number of hydrogen-bond donors (Lipinski definition) is 2. The highest BCUT2D eigenvalue weighted by molar-refractivity contribution is 5.78. The molecule has 110 valence electrons. The second-order valence-corrected chi connectivity index (χ2v) is 5.92. The number of carboxylic acid groups (broad SMARTS) is 1. The van der Waals surface area contributed by atoms with Gasteiger partial charge < -0.3 is 15.0 Å². The van der Waals surface area contributed by atoms with Crippen molar-refractivity contribution in [2.75, 3.05) is 0 Å². The number of nitrogens with one attached hydrogen (secondary N) is 1. The van der Waals surface area contributed by atoms with Crippen LogP contribution in [-0.4, -0.2) is 21.6 Å². The molecule has 1 amide bonds. The van der Waals surface area contributed by atoms with E-state index >= 15 is 0 Å². The molecule has 1 aromatic heterocycles. The third kappa shape index (κ3) is 3.85. The first kappa shape index (κ1) is 14.6. The van der Waals surface area contributed by atoms with Crippen molar-refractivity contribution in [3.8, 4) is 0 Å². The summed E-state index contributed by atoms with van der Waals surface area (Å²) in [6.07, 6.45) is 8.07. The van der Waals surface area contributed by atoms with E-state index in [9.17, 15) is 9.59 Å². The molecule has 5 heteroatoms. The van der Waals surface area contributed by atoms with E-state index in [2.05, 4.69) is 5.32 Å². The molecule has 0 atom stereocenters. The summed E-state index contributed by atoms with van der Waals surface area (Å²) in [4.78, 5) is 23.0. The Labute approximate surface area is 119 Å². The minimum Gasteiger partial charge on any atom is -0.481 e. The maximum Gasteiger partial charge on any atom is 0.303 e. The van der Waals surface area contributed by atoms with E-state index in [0.29, 0.717) is 13.0 Å². The molecule has 2 rings (SSSR count). The number of hydrogen-bond acceptors (Lipinski definition) is 2. The number of aromatic nitrogens is 1. The predicted octanol–water partition coefficient (Wildman–Crippen LogP) is 2.07. The minimum atomic E-state index is -0.803. The normalized spacial score (nSPS) is 17.1. The number of nitrogens with zero attached hydrogens (tertiary/aromatic N) is 1. The molecule has 0 aromatic carbocycles. The van der Waals surface area contributed by atoms with Crippen molar-refractivity contribution in [2.24, 2.45) is 12.5 Å².